The predicted molar refractivity (Wildman–Crippen MR) is 212 cm³/mol. The summed E-state index contributed by atoms with van der Waals surface area (Å²) in [6, 6.07) is 66.0. The zero-order valence-electron chi connectivity index (χ0n) is 27.7. The molecule has 0 amide bonds. The zero-order valence-corrected chi connectivity index (χ0v) is 27.7. The first-order valence-electron chi connectivity index (χ1n) is 17.3. The molecule has 240 valence electrons. The first-order chi connectivity index (χ1) is 25.3. The molecule has 3 nitrogen and oxygen atoms in total. The highest BCUT2D eigenvalue weighted by atomic mass is 16.3. The average molecular weight is 654 g/mol. The second-order valence-electron chi connectivity index (χ2n) is 12.9. The number of hydrogen-bond donors (Lipinski definition) is 0. The molecule has 0 aliphatic carbocycles. The maximum Gasteiger partial charge on any atom is 0.160 e. The summed E-state index contributed by atoms with van der Waals surface area (Å²) in [6.07, 6.45) is 0. The minimum Gasteiger partial charge on any atom is -0.456 e. The van der Waals surface area contributed by atoms with Crippen molar-refractivity contribution in [2.45, 2.75) is 0 Å². The van der Waals surface area contributed by atoms with Gasteiger partial charge in [-0.15, -0.1) is 0 Å². The quantitative estimate of drug-likeness (QED) is 0.179. The SMILES string of the molecule is c1ccc(-c2cccc(-c3ccc(N(c4ccc(-c5ccccc5)c5c4oc4ccccc45)c4cccc5oc6ccccc6c45)cc3)c2)cc1. The van der Waals surface area contributed by atoms with Crippen LogP contribution in [0.15, 0.2) is 197 Å². The molecule has 0 fully saturated rings. The van der Waals surface area contributed by atoms with Gasteiger partial charge in [0, 0.05) is 21.8 Å². The molecular formula is C48H31NO2. The minimum absolute atomic E-state index is 0.835. The highest BCUT2D eigenvalue weighted by molar-refractivity contribution is 6.19. The summed E-state index contributed by atoms with van der Waals surface area (Å²) in [7, 11) is 0. The number of benzene rings is 8. The Morgan fingerprint density at radius 3 is 1.61 bits per heavy atom. The number of furan rings is 2. The standard InChI is InChI=1S/C48H31NO2/c1-3-13-32(14-4-1)35-17-11-18-36(31-35)33-25-27-37(28-26-33)49(41-21-12-24-45-47(41)40-20-8-9-22-43(40)50-45)42-30-29-38(34-15-5-2-6-16-34)46-39-19-7-10-23-44(39)51-48(42)46/h1-31H. The Labute approximate surface area is 295 Å². The molecule has 10 aromatic rings. The number of hydrogen-bond acceptors (Lipinski definition) is 3. The highest BCUT2D eigenvalue weighted by Crippen LogP contribution is 2.48. The largest absolute Gasteiger partial charge is 0.456 e. The summed E-state index contributed by atoms with van der Waals surface area (Å²) < 4.78 is 13.2. The minimum atomic E-state index is 0.835. The summed E-state index contributed by atoms with van der Waals surface area (Å²) in [5, 5.41) is 4.32. The fourth-order valence-electron chi connectivity index (χ4n) is 7.51. The molecular weight excluding hydrogens is 623 g/mol. The van der Waals surface area contributed by atoms with Crippen LogP contribution in [0.25, 0.3) is 77.3 Å². The molecule has 3 heteroatoms. The maximum absolute atomic E-state index is 6.83. The van der Waals surface area contributed by atoms with Gasteiger partial charge in [0.05, 0.1) is 16.8 Å². The summed E-state index contributed by atoms with van der Waals surface area (Å²) in [4.78, 5) is 2.33. The topological polar surface area (TPSA) is 29.5 Å². The third-order valence-electron chi connectivity index (χ3n) is 9.88. The Morgan fingerprint density at radius 1 is 0.333 bits per heavy atom. The van der Waals surface area contributed by atoms with E-state index in [1.807, 2.05) is 18.2 Å². The highest BCUT2D eigenvalue weighted by Gasteiger charge is 2.25. The molecule has 0 spiro atoms. The van der Waals surface area contributed by atoms with Crippen molar-refractivity contribution in [2.75, 3.05) is 4.90 Å². The van der Waals surface area contributed by atoms with Gasteiger partial charge in [-0.25, -0.2) is 0 Å². The second-order valence-corrected chi connectivity index (χ2v) is 12.9. The van der Waals surface area contributed by atoms with Crippen LogP contribution < -0.4 is 4.90 Å². The van der Waals surface area contributed by atoms with E-state index in [4.69, 9.17) is 8.83 Å². The van der Waals surface area contributed by atoms with Crippen LogP contribution in [0, 0.1) is 0 Å². The molecule has 0 atom stereocenters. The van der Waals surface area contributed by atoms with Crippen LogP contribution >= 0.6 is 0 Å². The Morgan fingerprint density at radius 2 is 0.882 bits per heavy atom. The lowest BCUT2D eigenvalue weighted by atomic mass is 9.97. The molecule has 0 saturated carbocycles. The van der Waals surface area contributed by atoms with E-state index in [0.29, 0.717) is 0 Å². The predicted octanol–water partition coefficient (Wildman–Crippen LogP) is 14.0. The van der Waals surface area contributed by atoms with Crippen molar-refractivity contribution in [1.82, 2.24) is 0 Å². The van der Waals surface area contributed by atoms with Gasteiger partial charge in [-0.3, -0.25) is 0 Å². The maximum atomic E-state index is 6.83. The van der Waals surface area contributed by atoms with E-state index in [1.165, 1.54) is 16.7 Å². The van der Waals surface area contributed by atoms with Crippen molar-refractivity contribution >= 4 is 60.9 Å². The number of anilines is 3. The van der Waals surface area contributed by atoms with Crippen molar-refractivity contribution in [2.24, 2.45) is 0 Å². The van der Waals surface area contributed by atoms with Crippen molar-refractivity contribution in [1.29, 1.82) is 0 Å². The van der Waals surface area contributed by atoms with Crippen molar-refractivity contribution < 1.29 is 8.83 Å². The lowest BCUT2D eigenvalue weighted by molar-refractivity contribution is 0.668. The summed E-state index contributed by atoms with van der Waals surface area (Å²) in [5.74, 6) is 0. The Hall–Kier alpha value is -6.84. The summed E-state index contributed by atoms with van der Waals surface area (Å²) in [6.45, 7) is 0. The van der Waals surface area contributed by atoms with Crippen LogP contribution in [0.5, 0.6) is 0 Å². The molecule has 2 aromatic heterocycles. The van der Waals surface area contributed by atoms with Gasteiger partial charge in [0.15, 0.2) is 5.58 Å². The first-order valence-corrected chi connectivity index (χ1v) is 17.3. The van der Waals surface area contributed by atoms with E-state index >= 15 is 0 Å². The van der Waals surface area contributed by atoms with Gasteiger partial charge >= 0.3 is 0 Å². The van der Waals surface area contributed by atoms with Crippen LogP contribution in [0.2, 0.25) is 0 Å². The fourth-order valence-corrected chi connectivity index (χ4v) is 7.51. The molecule has 0 N–H and O–H groups in total. The molecule has 8 aromatic carbocycles. The van der Waals surface area contributed by atoms with E-state index in [2.05, 4.69) is 175 Å². The lowest BCUT2D eigenvalue weighted by Gasteiger charge is -2.27. The van der Waals surface area contributed by atoms with Gasteiger partial charge in [-0.05, 0) is 81.9 Å². The van der Waals surface area contributed by atoms with Crippen LogP contribution in [0.4, 0.5) is 17.1 Å². The van der Waals surface area contributed by atoms with Crippen molar-refractivity contribution in [3.8, 4) is 33.4 Å². The van der Waals surface area contributed by atoms with Gasteiger partial charge in [0.1, 0.15) is 16.7 Å². The number of rotatable bonds is 6. The second kappa shape index (κ2) is 11.9. The summed E-state index contributed by atoms with van der Waals surface area (Å²) >= 11 is 0. The Balaban J connectivity index is 1.21. The average Bonchev–Trinajstić information content (AvgIpc) is 3.79. The molecule has 0 aliphatic rings. The molecule has 51 heavy (non-hydrogen) atoms. The molecule has 0 unspecified atom stereocenters. The van der Waals surface area contributed by atoms with Gasteiger partial charge in [0.2, 0.25) is 0 Å². The van der Waals surface area contributed by atoms with Crippen LogP contribution in [0.3, 0.4) is 0 Å². The van der Waals surface area contributed by atoms with Crippen molar-refractivity contribution in [3.05, 3.63) is 188 Å². The van der Waals surface area contributed by atoms with E-state index in [-0.39, 0.29) is 0 Å². The van der Waals surface area contributed by atoms with Gasteiger partial charge in [-0.1, -0.05) is 140 Å². The van der Waals surface area contributed by atoms with E-state index < -0.39 is 0 Å². The van der Waals surface area contributed by atoms with Gasteiger partial charge in [0.25, 0.3) is 0 Å². The van der Waals surface area contributed by atoms with Crippen molar-refractivity contribution in [3.63, 3.8) is 0 Å². The van der Waals surface area contributed by atoms with Crippen LogP contribution in [-0.2, 0) is 0 Å². The third kappa shape index (κ3) is 4.90. The van der Waals surface area contributed by atoms with Crippen LogP contribution in [-0.4, -0.2) is 0 Å². The number of para-hydroxylation sites is 2. The molecule has 0 bridgehead atoms. The smallest absolute Gasteiger partial charge is 0.160 e. The molecule has 10 rings (SSSR count). The molecule has 0 aliphatic heterocycles. The van der Waals surface area contributed by atoms with Crippen LogP contribution in [0.1, 0.15) is 0 Å². The first kappa shape index (κ1) is 29.1. The van der Waals surface area contributed by atoms with E-state index in [9.17, 15) is 0 Å². The Kier molecular flexibility index (Phi) is 6.81. The third-order valence-corrected chi connectivity index (χ3v) is 9.88. The zero-order chi connectivity index (χ0) is 33.7. The fraction of sp³-hybridized carbons (Fsp3) is 0. The summed E-state index contributed by atoms with van der Waals surface area (Å²) in [5.41, 5.74) is 13.4. The normalized spacial score (nSPS) is 11.5. The lowest BCUT2D eigenvalue weighted by Crippen LogP contribution is -2.10. The molecule has 2 heterocycles. The molecule has 0 saturated heterocycles. The molecule has 0 radical (unpaired) electrons. The van der Waals surface area contributed by atoms with Gasteiger partial charge in [-0.2, -0.15) is 0 Å². The van der Waals surface area contributed by atoms with E-state index in [1.54, 1.807) is 0 Å². The number of nitrogens with zero attached hydrogens (tertiary/aromatic N) is 1. The van der Waals surface area contributed by atoms with E-state index in [0.717, 1.165) is 77.6 Å². The number of fused-ring (bicyclic) bond motifs is 6. The van der Waals surface area contributed by atoms with Gasteiger partial charge < -0.3 is 13.7 Å². The Bertz CT molecular complexity index is 2850. The monoisotopic (exact) mass is 653 g/mol.